The number of aliphatic carboxylic acids is 1. The molecule has 1 N–H and O–H groups in total. The van der Waals surface area contributed by atoms with Crippen molar-refractivity contribution in [1.29, 1.82) is 0 Å². The smallest absolute Gasteiger partial charge is 0.326 e. The minimum absolute atomic E-state index is 0.431. The lowest BCUT2D eigenvalue weighted by Crippen LogP contribution is -2.36. The number of carbonyl (C=O) groups is 1. The van der Waals surface area contributed by atoms with Crippen LogP contribution in [-0.4, -0.2) is 33.6 Å². The first kappa shape index (κ1) is 9.89. The Morgan fingerprint density at radius 3 is 3.07 bits per heavy atom. The zero-order valence-electron chi connectivity index (χ0n) is 8.55. The molecule has 1 atom stereocenters. The Labute approximate surface area is 87.8 Å². The molecular formula is C10H13N3O2. The average Bonchev–Trinajstić information content (AvgIpc) is 2.65. The third-order valence-electron chi connectivity index (χ3n) is 2.62. The Bertz CT molecular complexity index is 381. The Kier molecular flexibility index (Phi) is 2.53. The summed E-state index contributed by atoms with van der Waals surface area (Å²) in [5, 5.41) is 9.03. The molecule has 0 spiro atoms. The van der Waals surface area contributed by atoms with Crippen LogP contribution >= 0.6 is 0 Å². The van der Waals surface area contributed by atoms with Crippen molar-refractivity contribution in [3.8, 4) is 0 Å². The van der Waals surface area contributed by atoms with Gasteiger partial charge in [-0.15, -0.1) is 0 Å². The predicted molar refractivity (Wildman–Crippen MR) is 54.8 cm³/mol. The lowest BCUT2D eigenvalue weighted by atomic mass is 10.2. The van der Waals surface area contributed by atoms with Gasteiger partial charge in [0.1, 0.15) is 18.2 Å². The lowest BCUT2D eigenvalue weighted by Gasteiger charge is -2.22. The van der Waals surface area contributed by atoms with Crippen molar-refractivity contribution >= 4 is 11.8 Å². The molecule has 0 amide bonds. The van der Waals surface area contributed by atoms with Gasteiger partial charge in [-0.2, -0.15) is 0 Å². The first-order valence-electron chi connectivity index (χ1n) is 4.96. The van der Waals surface area contributed by atoms with Gasteiger partial charge in [-0.05, 0) is 19.8 Å². The van der Waals surface area contributed by atoms with E-state index in [9.17, 15) is 4.79 Å². The van der Waals surface area contributed by atoms with E-state index in [1.807, 2.05) is 17.9 Å². The Morgan fingerprint density at radius 1 is 1.60 bits per heavy atom. The largest absolute Gasteiger partial charge is 0.480 e. The van der Waals surface area contributed by atoms with Crippen LogP contribution in [0, 0.1) is 6.92 Å². The van der Waals surface area contributed by atoms with Gasteiger partial charge in [-0.25, -0.2) is 14.8 Å². The maximum atomic E-state index is 11.0. The zero-order valence-corrected chi connectivity index (χ0v) is 8.55. The van der Waals surface area contributed by atoms with Crippen LogP contribution in [0.5, 0.6) is 0 Å². The van der Waals surface area contributed by atoms with Gasteiger partial charge >= 0.3 is 5.97 Å². The monoisotopic (exact) mass is 207 g/mol. The highest BCUT2D eigenvalue weighted by Crippen LogP contribution is 2.23. The maximum absolute atomic E-state index is 11.0. The number of hydrogen-bond acceptors (Lipinski definition) is 4. The Morgan fingerprint density at radius 2 is 2.40 bits per heavy atom. The van der Waals surface area contributed by atoms with E-state index >= 15 is 0 Å². The highest BCUT2D eigenvalue weighted by Gasteiger charge is 2.31. The first-order valence-corrected chi connectivity index (χ1v) is 4.96. The van der Waals surface area contributed by atoms with Crippen LogP contribution in [0.15, 0.2) is 12.4 Å². The molecule has 15 heavy (non-hydrogen) atoms. The van der Waals surface area contributed by atoms with Gasteiger partial charge in [0.25, 0.3) is 0 Å². The molecule has 1 saturated heterocycles. The summed E-state index contributed by atoms with van der Waals surface area (Å²) in [7, 11) is 0. The minimum Gasteiger partial charge on any atom is -0.480 e. The van der Waals surface area contributed by atoms with Crippen molar-refractivity contribution in [2.75, 3.05) is 11.4 Å². The molecule has 0 unspecified atom stereocenters. The number of carboxylic acids is 1. The number of hydrogen-bond donors (Lipinski definition) is 1. The average molecular weight is 207 g/mol. The molecule has 0 aliphatic carbocycles. The molecule has 80 valence electrons. The minimum atomic E-state index is -0.774. The van der Waals surface area contributed by atoms with Gasteiger partial charge in [0.15, 0.2) is 0 Å². The van der Waals surface area contributed by atoms with Gasteiger partial charge in [0.05, 0.1) is 0 Å². The van der Waals surface area contributed by atoms with Crippen LogP contribution in [0.1, 0.15) is 18.5 Å². The zero-order chi connectivity index (χ0) is 10.8. The standard InChI is InChI=1S/C10H13N3O2/c1-7-5-9(12-6-11-7)13-4-2-3-8(13)10(14)15/h5-6,8H,2-4H2,1H3,(H,14,15)/t8-/m1/s1. The van der Waals surface area contributed by atoms with Crippen LogP contribution < -0.4 is 4.90 Å². The predicted octanol–water partition coefficient (Wildman–Crippen LogP) is 0.838. The molecule has 1 aromatic rings. The second-order valence-corrected chi connectivity index (χ2v) is 3.71. The van der Waals surface area contributed by atoms with E-state index in [0.29, 0.717) is 12.2 Å². The maximum Gasteiger partial charge on any atom is 0.326 e. The molecule has 1 aliphatic heterocycles. The molecule has 1 aromatic heterocycles. The summed E-state index contributed by atoms with van der Waals surface area (Å²) in [6, 6.07) is 1.39. The van der Waals surface area contributed by atoms with E-state index in [4.69, 9.17) is 5.11 Å². The SMILES string of the molecule is Cc1cc(N2CCC[C@@H]2C(=O)O)ncn1. The fourth-order valence-electron chi connectivity index (χ4n) is 1.90. The summed E-state index contributed by atoms with van der Waals surface area (Å²) in [4.78, 5) is 20.9. The van der Waals surface area contributed by atoms with E-state index < -0.39 is 12.0 Å². The summed E-state index contributed by atoms with van der Waals surface area (Å²) >= 11 is 0. The van der Waals surface area contributed by atoms with Gasteiger partial charge in [0, 0.05) is 18.3 Å². The molecule has 0 radical (unpaired) electrons. The molecule has 0 saturated carbocycles. The van der Waals surface area contributed by atoms with Crippen LogP contribution in [0.3, 0.4) is 0 Å². The number of aromatic nitrogens is 2. The Balaban J connectivity index is 2.26. The van der Waals surface area contributed by atoms with E-state index in [0.717, 1.165) is 18.7 Å². The van der Waals surface area contributed by atoms with Crippen LogP contribution in [0.2, 0.25) is 0 Å². The lowest BCUT2D eigenvalue weighted by molar-refractivity contribution is -0.138. The number of anilines is 1. The highest BCUT2D eigenvalue weighted by molar-refractivity contribution is 5.78. The van der Waals surface area contributed by atoms with Crippen molar-refractivity contribution in [3.63, 3.8) is 0 Å². The molecule has 1 fully saturated rings. The van der Waals surface area contributed by atoms with Crippen molar-refractivity contribution in [3.05, 3.63) is 18.1 Å². The molecule has 2 rings (SSSR count). The second-order valence-electron chi connectivity index (χ2n) is 3.71. The molecule has 5 heteroatoms. The molecular weight excluding hydrogens is 194 g/mol. The van der Waals surface area contributed by atoms with E-state index in [2.05, 4.69) is 9.97 Å². The number of aryl methyl sites for hydroxylation is 1. The van der Waals surface area contributed by atoms with E-state index in [1.165, 1.54) is 6.33 Å². The van der Waals surface area contributed by atoms with Crippen molar-refractivity contribution in [1.82, 2.24) is 9.97 Å². The summed E-state index contributed by atoms with van der Waals surface area (Å²) in [5.74, 6) is -0.0591. The van der Waals surface area contributed by atoms with Crippen molar-refractivity contribution in [2.24, 2.45) is 0 Å². The first-order chi connectivity index (χ1) is 7.18. The molecule has 5 nitrogen and oxygen atoms in total. The van der Waals surface area contributed by atoms with Gasteiger partial charge < -0.3 is 10.0 Å². The Hall–Kier alpha value is -1.65. The van der Waals surface area contributed by atoms with Crippen LogP contribution in [-0.2, 0) is 4.79 Å². The summed E-state index contributed by atoms with van der Waals surface area (Å²) in [6.45, 7) is 2.63. The van der Waals surface area contributed by atoms with Gasteiger partial charge in [0.2, 0.25) is 0 Å². The summed E-state index contributed by atoms with van der Waals surface area (Å²) < 4.78 is 0. The van der Waals surface area contributed by atoms with Crippen LogP contribution in [0.25, 0.3) is 0 Å². The number of rotatable bonds is 2. The normalized spacial score (nSPS) is 20.6. The molecule has 2 heterocycles. The topological polar surface area (TPSA) is 66.3 Å². The molecule has 0 aromatic carbocycles. The fourth-order valence-corrected chi connectivity index (χ4v) is 1.90. The highest BCUT2D eigenvalue weighted by atomic mass is 16.4. The summed E-state index contributed by atoms with van der Waals surface area (Å²) in [5.41, 5.74) is 0.857. The third kappa shape index (κ3) is 1.91. The van der Waals surface area contributed by atoms with Gasteiger partial charge in [-0.3, -0.25) is 0 Å². The van der Waals surface area contributed by atoms with E-state index in [-0.39, 0.29) is 0 Å². The second kappa shape index (κ2) is 3.84. The molecule has 0 bridgehead atoms. The third-order valence-corrected chi connectivity index (χ3v) is 2.62. The van der Waals surface area contributed by atoms with Crippen LogP contribution in [0.4, 0.5) is 5.82 Å². The number of carboxylic acid groups (broad SMARTS) is 1. The summed E-state index contributed by atoms with van der Waals surface area (Å²) in [6.07, 6.45) is 3.07. The van der Waals surface area contributed by atoms with Crippen molar-refractivity contribution in [2.45, 2.75) is 25.8 Å². The van der Waals surface area contributed by atoms with Crippen molar-refractivity contribution < 1.29 is 9.90 Å². The quantitative estimate of drug-likeness (QED) is 0.778. The van der Waals surface area contributed by atoms with E-state index in [1.54, 1.807) is 0 Å². The fraction of sp³-hybridized carbons (Fsp3) is 0.500. The van der Waals surface area contributed by atoms with Gasteiger partial charge in [-0.1, -0.05) is 0 Å². The molecule has 1 aliphatic rings. The number of nitrogens with zero attached hydrogens (tertiary/aromatic N) is 3.